The number of nitrogens with one attached hydrogen (secondary N) is 2. The van der Waals surface area contributed by atoms with Gasteiger partial charge in [0.25, 0.3) is 5.91 Å². The molecule has 3 aromatic rings. The van der Waals surface area contributed by atoms with Gasteiger partial charge in [0.05, 0.1) is 35.3 Å². The number of furan rings is 1. The van der Waals surface area contributed by atoms with Gasteiger partial charge >= 0.3 is 0 Å². The molecule has 0 aliphatic heterocycles. The van der Waals surface area contributed by atoms with Gasteiger partial charge in [-0.15, -0.1) is 0 Å². The number of phenolic OH excluding ortho intramolecular Hbond substituents is 1. The van der Waals surface area contributed by atoms with E-state index in [-0.39, 0.29) is 23.3 Å². The van der Waals surface area contributed by atoms with Gasteiger partial charge in [-0.2, -0.15) is 8.75 Å². The fraction of sp³-hybridized carbons (Fsp3) is 0.381. The van der Waals surface area contributed by atoms with Crippen LogP contribution in [0.1, 0.15) is 60.8 Å². The maximum atomic E-state index is 12.5. The van der Waals surface area contributed by atoms with Crippen LogP contribution in [-0.2, 0) is 0 Å². The van der Waals surface area contributed by atoms with Crippen LogP contribution in [0.5, 0.6) is 5.75 Å². The van der Waals surface area contributed by atoms with E-state index in [0.717, 1.165) is 29.5 Å². The van der Waals surface area contributed by atoms with Crippen molar-refractivity contribution in [3.05, 3.63) is 45.8 Å². The predicted octanol–water partition coefficient (Wildman–Crippen LogP) is 5.73. The van der Waals surface area contributed by atoms with Crippen LogP contribution in [0.25, 0.3) is 0 Å². The summed E-state index contributed by atoms with van der Waals surface area (Å²) in [5.74, 6) is 1.74. The average Bonchev–Trinajstić information content (AvgIpc) is 3.38. The number of phenols is 1. The summed E-state index contributed by atoms with van der Waals surface area (Å²) in [6, 6.07) is 5.35. The fourth-order valence-corrected chi connectivity index (χ4v) is 3.95. The van der Waals surface area contributed by atoms with Crippen molar-refractivity contribution in [1.29, 1.82) is 0 Å². The van der Waals surface area contributed by atoms with Gasteiger partial charge in [-0.25, -0.2) is 0 Å². The van der Waals surface area contributed by atoms with Crippen molar-refractivity contribution in [3.8, 4) is 5.75 Å². The average molecular weight is 508 g/mol. The van der Waals surface area contributed by atoms with Gasteiger partial charge in [0.15, 0.2) is 17.4 Å². The molecule has 0 aliphatic rings. The molecule has 0 saturated heterocycles. The second kappa shape index (κ2) is 9.69. The molecule has 2 aromatic heterocycles. The Morgan fingerprint density at radius 1 is 1.29 bits per heavy atom. The third kappa shape index (κ3) is 5.01. The lowest BCUT2D eigenvalue weighted by molar-refractivity contribution is 0.0824. The molecule has 3 N–H and O–H groups in total. The van der Waals surface area contributed by atoms with Crippen molar-refractivity contribution in [2.75, 3.05) is 24.7 Å². The molecule has 0 aliphatic carbocycles. The van der Waals surface area contributed by atoms with Gasteiger partial charge in [0.1, 0.15) is 5.76 Å². The molecule has 1 atom stereocenters. The Kier molecular flexibility index (Phi) is 7.22. The van der Waals surface area contributed by atoms with Gasteiger partial charge in [-0.05, 0) is 52.0 Å². The van der Waals surface area contributed by atoms with Crippen LogP contribution >= 0.6 is 27.7 Å². The molecular weight excluding hydrogens is 482 g/mol. The SMILES string of the molecule is CC[C@@H](Nc1nsnc1Nc1ccc(Br)c(C(=O)N(C)C)c1O)c1cc(C(C)C)co1. The van der Waals surface area contributed by atoms with Gasteiger partial charge in [0.2, 0.25) is 0 Å². The molecular formula is C21H26BrN5O3S. The molecule has 0 unspecified atom stereocenters. The Labute approximate surface area is 194 Å². The molecule has 10 heteroatoms. The van der Waals surface area contributed by atoms with E-state index in [9.17, 15) is 9.90 Å². The minimum Gasteiger partial charge on any atom is -0.505 e. The lowest BCUT2D eigenvalue weighted by Gasteiger charge is -2.17. The molecule has 166 valence electrons. The number of anilines is 3. The normalized spacial score (nSPS) is 12.1. The lowest BCUT2D eigenvalue weighted by Crippen LogP contribution is -2.22. The third-order valence-corrected chi connectivity index (χ3v) is 6.05. The predicted molar refractivity (Wildman–Crippen MR) is 126 cm³/mol. The number of halogens is 1. The molecule has 3 rings (SSSR count). The van der Waals surface area contributed by atoms with Gasteiger partial charge in [0, 0.05) is 18.6 Å². The summed E-state index contributed by atoms with van der Waals surface area (Å²) in [5, 5.41) is 17.2. The maximum Gasteiger partial charge on any atom is 0.258 e. The second-order valence-corrected chi connectivity index (χ2v) is 9.03. The summed E-state index contributed by atoms with van der Waals surface area (Å²) in [5.41, 5.74) is 1.68. The summed E-state index contributed by atoms with van der Waals surface area (Å²) in [4.78, 5) is 13.9. The molecule has 2 heterocycles. The van der Waals surface area contributed by atoms with Crippen LogP contribution in [0.2, 0.25) is 0 Å². The van der Waals surface area contributed by atoms with E-state index >= 15 is 0 Å². The summed E-state index contributed by atoms with van der Waals surface area (Å²) < 4.78 is 14.9. The van der Waals surface area contributed by atoms with Crippen molar-refractivity contribution >= 4 is 50.9 Å². The minimum atomic E-state index is -0.312. The zero-order valence-corrected chi connectivity index (χ0v) is 20.5. The number of benzene rings is 1. The van der Waals surface area contributed by atoms with Gasteiger partial charge in [-0.3, -0.25) is 4.79 Å². The number of nitrogens with zero attached hydrogens (tertiary/aromatic N) is 3. The first kappa shape index (κ1) is 23.1. The largest absolute Gasteiger partial charge is 0.505 e. The van der Waals surface area contributed by atoms with Gasteiger partial charge in [-0.1, -0.05) is 20.8 Å². The number of hydrogen-bond acceptors (Lipinski definition) is 8. The highest BCUT2D eigenvalue weighted by molar-refractivity contribution is 9.10. The number of aromatic nitrogens is 2. The van der Waals surface area contributed by atoms with Crippen molar-refractivity contribution < 1.29 is 14.3 Å². The standard InChI is InChI=1S/C21H26BrN5O3S/c1-6-14(16-9-12(10-30-16)11(2)3)23-19-20(26-31-25-19)24-15-8-7-13(22)17(18(15)28)21(29)27(4)5/h7-11,14,28H,6H2,1-5H3,(H,23,25)(H,24,26)/t14-/m1/s1. The van der Waals surface area contributed by atoms with Crippen molar-refractivity contribution in [1.82, 2.24) is 13.6 Å². The van der Waals surface area contributed by atoms with Crippen LogP contribution in [0.15, 0.2) is 33.4 Å². The first-order valence-electron chi connectivity index (χ1n) is 9.90. The van der Waals surface area contributed by atoms with Crippen molar-refractivity contribution in [3.63, 3.8) is 0 Å². The van der Waals surface area contributed by atoms with E-state index in [2.05, 4.69) is 62.1 Å². The van der Waals surface area contributed by atoms with E-state index < -0.39 is 0 Å². The van der Waals surface area contributed by atoms with Crippen molar-refractivity contribution in [2.45, 2.75) is 39.2 Å². The van der Waals surface area contributed by atoms with E-state index in [4.69, 9.17) is 4.42 Å². The van der Waals surface area contributed by atoms with E-state index in [1.165, 1.54) is 4.90 Å². The molecule has 1 amide bonds. The number of hydrogen-bond donors (Lipinski definition) is 3. The highest BCUT2D eigenvalue weighted by atomic mass is 79.9. The highest BCUT2D eigenvalue weighted by Crippen LogP contribution is 2.37. The van der Waals surface area contributed by atoms with E-state index in [0.29, 0.717) is 27.7 Å². The molecule has 8 nitrogen and oxygen atoms in total. The topological polar surface area (TPSA) is 104 Å². The van der Waals surface area contributed by atoms with Crippen LogP contribution in [0.4, 0.5) is 17.3 Å². The molecule has 0 bridgehead atoms. The second-order valence-electron chi connectivity index (χ2n) is 7.65. The molecule has 0 radical (unpaired) electrons. The summed E-state index contributed by atoms with van der Waals surface area (Å²) >= 11 is 4.38. The molecule has 0 fully saturated rings. The Hall–Kier alpha value is -2.59. The smallest absolute Gasteiger partial charge is 0.258 e. The third-order valence-electron chi connectivity index (χ3n) is 4.86. The van der Waals surface area contributed by atoms with E-state index in [1.54, 1.807) is 32.5 Å². The quantitative estimate of drug-likeness (QED) is 0.334. The van der Waals surface area contributed by atoms with Gasteiger partial charge < -0.3 is 25.1 Å². The zero-order valence-electron chi connectivity index (χ0n) is 18.1. The monoisotopic (exact) mass is 507 g/mol. The Bertz CT molecular complexity index is 1060. The summed E-state index contributed by atoms with van der Waals surface area (Å²) in [6.45, 7) is 6.30. The minimum absolute atomic E-state index is 0.0821. The Balaban J connectivity index is 1.85. The highest BCUT2D eigenvalue weighted by Gasteiger charge is 2.22. The van der Waals surface area contributed by atoms with E-state index in [1.807, 2.05) is 0 Å². The van der Waals surface area contributed by atoms with Crippen LogP contribution < -0.4 is 10.6 Å². The first-order chi connectivity index (χ1) is 14.7. The van der Waals surface area contributed by atoms with Crippen LogP contribution in [0, 0.1) is 0 Å². The number of rotatable bonds is 8. The number of aromatic hydroxyl groups is 1. The Morgan fingerprint density at radius 2 is 2.00 bits per heavy atom. The number of amides is 1. The molecule has 0 saturated carbocycles. The number of carbonyl (C=O) groups is 1. The summed E-state index contributed by atoms with van der Waals surface area (Å²) in [7, 11) is 3.26. The molecule has 1 aromatic carbocycles. The first-order valence-corrected chi connectivity index (χ1v) is 11.4. The van der Waals surface area contributed by atoms with Crippen molar-refractivity contribution in [2.24, 2.45) is 0 Å². The Morgan fingerprint density at radius 3 is 2.61 bits per heavy atom. The fourth-order valence-electron chi connectivity index (χ4n) is 2.98. The molecule has 0 spiro atoms. The summed E-state index contributed by atoms with van der Waals surface area (Å²) in [6.07, 6.45) is 2.57. The number of carbonyl (C=O) groups excluding carboxylic acids is 1. The lowest BCUT2D eigenvalue weighted by atomic mass is 10.1. The zero-order chi connectivity index (χ0) is 22.7. The van der Waals surface area contributed by atoms with Crippen LogP contribution in [-0.4, -0.2) is 38.8 Å². The van der Waals surface area contributed by atoms with Crippen LogP contribution in [0.3, 0.4) is 0 Å². The molecule has 31 heavy (non-hydrogen) atoms. The maximum absolute atomic E-state index is 12.5.